The number of carbonyl (C=O) groups is 1. The molecular weight excluding hydrogens is 278 g/mol. The van der Waals surface area contributed by atoms with Crippen molar-refractivity contribution in [1.29, 1.82) is 0 Å². The highest BCUT2D eigenvalue weighted by atomic mass is 35.5. The Morgan fingerprint density at radius 3 is 2.95 bits per heavy atom. The minimum Gasteiger partial charge on any atom is -0.492 e. The quantitative estimate of drug-likeness (QED) is 0.798. The van der Waals surface area contributed by atoms with E-state index in [4.69, 9.17) is 22.1 Å². The lowest BCUT2D eigenvalue weighted by Gasteiger charge is -2.07. The third kappa shape index (κ3) is 3.04. The van der Waals surface area contributed by atoms with E-state index in [1.54, 1.807) is 0 Å². The van der Waals surface area contributed by atoms with Crippen LogP contribution in [0.15, 0.2) is 18.2 Å². The first-order valence-corrected chi connectivity index (χ1v) is 7.16. The summed E-state index contributed by atoms with van der Waals surface area (Å²) in [6, 6.07) is 5.80. The van der Waals surface area contributed by atoms with E-state index in [-0.39, 0.29) is 5.91 Å². The average molecular weight is 296 g/mol. The fraction of sp³-hybridized carbons (Fsp3) is 0.429. The number of para-hydroxylation sites is 1. The Balaban J connectivity index is 2.36. The summed E-state index contributed by atoms with van der Waals surface area (Å²) in [5.41, 5.74) is 6.95. The van der Waals surface area contributed by atoms with Crippen LogP contribution in [0.5, 0.6) is 5.75 Å². The number of fused-ring (bicyclic) bond motifs is 1. The normalized spacial score (nSPS) is 10.9. The van der Waals surface area contributed by atoms with Gasteiger partial charge in [0.25, 0.3) is 0 Å². The number of aromatic nitrogens is 2. The molecule has 0 aliphatic rings. The van der Waals surface area contributed by atoms with Gasteiger partial charge in [-0.2, -0.15) is 0 Å². The van der Waals surface area contributed by atoms with Crippen LogP contribution in [0.25, 0.3) is 11.0 Å². The predicted molar refractivity (Wildman–Crippen MR) is 78.9 cm³/mol. The van der Waals surface area contributed by atoms with Crippen LogP contribution < -0.4 is 10.5 Å². The maximum atomic E-state index is 10.8. The monoisotopic (exact) mass is 295 g/mol. The summed E-state index contributed by atoms with van der Waals surface area (Å²) >= 11 is 5.96. The van der Waals surface area contributed by atoms with E-state index < -0.39 is 0 Å². The maximum Gasteiger partial charge on any atom is 0.217 e. The second-order valence-corrected chi connectivity index (χ2v) is 4.71. The molecule has 0 spiro atoms. The van der Waals surface area contributed by atoms with E-state index in [0.29, 0.717) is 31.9 Å². The number of nitrogens with two attached hydrogens (primary N) is 1. The van der Waals surface area contributed by atoms with E-state index in [2.05, 4.69) is 4.98 Å². The largest absolute Gasteiger partial charge is 0.492 e. The fourth-order valence-corrected chi connectivity index (χ4v) is 2.41. The number of carbonyl (C=O) groups excluding carboxylic acids is 1. The molecule has 108 valence electrons. The van der Waals surface area contributed by atoms with Crippen molar-refractivity contribution in [3.63, 3.8) is 0 Å². The Morgan fingerprint density at radius 2 is 2.30 bits per heavy atom. The van der Waals surface area contributed by atoms with Gasteiger partial charge in [0.05, 0.1) is 18.0 Å². The zero-order valence-electron chi connectivity index (χ0n) is 11.4. The molecule has 1 aromatic heterocycles. The SMILES string of the molecule is CCOc1cccc2c1nc(CCl)n2CCCC(N)=O. The molecule has 1 heterocycles. The van der Waals surface area contributed by atoms with Gasteiger partial charge in [0.2, 0.25) is 5.91 Å². The molecular formula is C14H18ClN3O2. The Kier molecular flexibility index (Phi) is 4.84. The number of imidazole rings is 1. The molecule has 5 nitrogen and oxygen atoms in total. The van der Waals surface area contributed by atoms with Crippen LogP contribution in [0.3, 0.4) is 0 Å². The molecule has 20 heavy (non-hydrogen) atoms. The molecule has 0 aliphatic heterocycles. The first-order valence-electron chi connectivity index (χ1n) is 6.62. The number of ether oxygens (including phenoxy) is 1. The zero-order chi connectivity index (χ0) is 14.5. The molecule has 6 heteroatoms. The summed E-state index contributed by atoms with van der Waals surface area (Å²) in [5, 5.41) is 0. The number of benzene rings is 1. The Labute approximate surface area is 122 Å². The lowest BCUT2D eigenvalue weighted by atomic mass is 10.2. The summed E-state index contributed by atoms with van der Waals surface area (Å²) < 4.78 is 7.60. The predicted octanol–water partition coefficient (Wildman–Crippen LogP) is 2.44. The topological polar surface area (TPSA) is 70.1 Å². The van der Waals surface area contributed by atoms with Gasteiger partial charge in [-0.05, 0) is 25.5 Å². The van der Waals surface area contributed by atoms with Crippen LogP contribution in [0.2, 0.25) is 0 Å². The number of nitrogens with zero attached hydrogens (tertiary/aromatic N) is 2. The van der Waals surface area contributed by atoms with Crippen LogP contribution in [-0.2, 0) is 17.2 Å². The minimum absolute atomic E-state index is 0.295. The highest BCUT2D eigenvalue weighted by Crippen LogP contribution is 2.27. The molecule has 0 saturated carbocycles. The maximum absolute atomic E-state index is 10.8. The van der Waals surface area contributed by atoms with E-state index in [0.717, 1.165) is 22.6 Å². The molecule has 0 radical (unpaired) electrons. The lowest BCUT2D eigenvalue weighted by molar-refractivity contribution is -0.118. The van der Waals surface area contributed by atoms with Crippen LogP contribution >= 0.6 is 11.6 Å². The zero-order valence-corrected chi connectivity index (χ0v) is 12.2. The first kappa shape index (κ1) is 14.7. The van der Waals surface area contributed by atoms with Crippen LogP contribution in [0, 0.1) is 0 Å². The van der Waals surface area contributed by atoms with Crippen LogP contribution in [-0.4, -0.2) is 22.1 Å². The number of aryl methyl sites for hydroxylation is 1. The van der Waals surface area contributed by atoms with Gasteiger partial charge < -0.3 is 15.0 Å². The smallest absolute Gasteiger partial charge is 0.217 e. The molecule has 0 saturated heterocycles. The van der Waals surface area contributed by atoms with Gasteiger partial charge in [-0.15, -0.1) is 11.6 Å². The standard InChI is InChI=1S/C14H18ClN3O2/c1-2-20-11-6-3-5-10-14(11)17-13(9-15)18(10)8-4-7-12(16)19/h3,5-6H,2,4,7-9H2,1H3,(H2,16,19). The van der Waals surface area contributed by atoms with Gasteiger partial charge >= 0.3 is 0 Å². The summed E-state index contributed by atoms with van der Waals surface area (Å²) in [5.74, 6) is 1.55. The van der Waals surface area contributed by atoms with Crippen molar-refractivity contribution in [2.45, 2.75) is 32.2 Å². The summed E-state index contributed by atoms with van der Waals surface area (Å²) in [7, 11) is 0. The first-order chi connectivity index (χ1) is 9.67. The van der Waals surface area contributed by atoms with Gasteiger partial charge in [-0.25, -0.2) is 4.98 Å². The lowest BCUT2D eigenvalue weighted by Crippen LogP contribution is -2.12. The van der Waals surface area contributed by atoms with E-state index >= 15 is 0 Å². The van der Waals surface area contributed by atoms with E-state index in [1.807, 2.05) is 29.7 Å². The Bertz CT molecular complexity index is 610. The minimum atomic E-state index is -0.295. The number of hydrogen-bond acceptors (Lipinski definition) is 3. The highest BCUT2D eigenvalue weighted by molar-refractivity contribution is 6.16. The number of amides is 1. The molecule has 1 amide bonds. The number of rotatable bonds is 7. The number of halogens is 1. The second kappa shape index (κ2) is 6.61. The highest BCUT2D eigenvalue weighted by Gasteiger charge is 2.13. The van der Waals surface area contributed by atoms with Crippen molar-refractivity contribution >= 4 is 28.5 Å². The van der Waals surface area contributed by atoms with Crippen molar-refractivity contribution < 1.29 is 9.53 Å². The molecule has 0 aliphatic carbocycles. The van der Waals surface area contributed by atoms with Gasteiger partial charge in [-0.1, -0.05) is 6.07 Å². The van der Waals surface area contributed by atoms with Gasteiger partial charge in [-0.3, -0.25) is 4.79 Å². The summed E-state index contributed by atoms with van der Waals surface area (Å²) in [6.07, 6.45) is 1.02. The van der Waals surface area contributed by atoms with Crippen LogP contribution in [0.1, 0.15) is 25.6 Å². The second-order valence-electron chi connectivity index (χ2n) is 4.44. The molecule has 1 aromatic carbocycles. The van der Waals surface area contributed by atoms with Crippen molar-refractivity contribution in [3.8, 4) is 5.75 Å². The molecule has 0 unspecified atom stereocenters. The fourth-order valence-electron chi connectivity index (χ4n) is 2.20. The van der Waals surface area contributed by atoms with E-state index in [1.165, 1.54) is 0 Å². The Morgan fingerprint density at radius 1 is 1.50 bits per heavy atom. The van der Waals surface area contributed by atoms with Crippen molar-refractivity contribution in [2.24, 2.45) is 5.73 Å². The van der Waals surface area contributed by atoms with Gasteiger partial charge in [0.1, 0.15) is 17.1 Å². The summed E-state index contributed by atoms with van der Waals surface area (Å²) in [4.78, 5) is 15.4. The van der Waals surface area contributed by atoms with E-state index in [9.17, 15) is 4.79 Å². The molecule has 0 bridgehead atoms. The van der Waals surface area contributed by atoms with Crippen molar-refractivity contribution in [1.82, 2.24) is 9.55 Å². The van der Waals surface area contributed by atoms with Gasteiger partial charge in [0, 0.05) is 13.0 Å². The molecule has 0 atom stereocenters. The molecule has 2 N–H and O–H groups in total. The van der Waals surface area contributed by atoms with Gasteiger partial charge in [0.15, 0.2) is 0 Å². The third-order valence-corrected chi connectivity index (χ3v) is 3.28. The van der Waals surface area contributed by atoms with Crippen molar-refractivity contribution in [2.75, 3.05) is 6.61 Å². The van der Waals surface area contributed by atoms with Crippen LogP contribution in [0.4, 0.5) is 0 Å². The number of hydrogen-bond donors (Lipinski definition) is 1. The average Bonchev–Trinajstić information content (AvgIpc) is 2.78. The summed E-state index contributed by atoms with van der Waals surface area (Å²) in [6.45, 7) is 3.19. The molecule has 2 aromatic rings. The van der Waals surface area contributed by atoms with Crippen molar-refractivity contribution in [3.05, 3.63) is 24.0 Å². The number of alkyl halides is 1. The Hall–Kier alpha value is -1.75. The third-order valence-electron chi connectivity index (χ3n) is 3.05. The number of primary amides is 1. The molecule has 0 fully saturated rings. The molecule has 2 rings (SSSR count).